The molecule has 0 radical (unpaired) electrons. The molecule has 0 amide bonds. The third-order valence-electron chi connectivity index (χ3n) is 4.79. The van der Waals surface area contributed by atoms with E-state index in [1.807, 2.05) is 6.92 Å². The third kappa shape index (κ3) is 5.18. The highest BCUT2D eigenvalue weighted by molar-refractivity contribution is 4.95. The second-order valence-corrected chi connectivity index (χ2v) is 6.60. The van der Waals surface area contributed by atoms with Crippen LogP contribution in [0.5, 0.6) is 0 Å². The number of likely N-dealkylation sites (N-methyl/N-ethyl adjacent to an activating group) is 1. The fourth-order valence-corrected chi connectivity index (χ4v) is 3.74. The molecule has 124 valence electrons. The van der Waals surface area contributed by atoms with E-state index in [1.54, 1.807) is 7.11 Å². The molecule has 2 N–H and O–H groups in total. The van der Waals surface area contributed by atoms with Crippen LogP contribution in [0.15, 0.2) is 0 Å². The van der Waals surface area contributed by atoms with Crippen LogP contribution in [0.25, 0.3) is 0 Å². The zero-order chi connectivity index (χ0) is 15.2. The van der Waals surface area contributed by atoms with Gasteiger partial charge in [0.25, 0.3) is 0 Å². The van der Waals surface area contributed by atoms with E-state index in [1.165, 1.54) is 25.7 Å². The molecule has 5 nitrogen and oxygen atoms in total. The summed E-state index contributed by atoms with van der Waals surface area (Å²) in [5.74, 6) is 0. The maximum Gasteiger partial charge on any atom is 0.0900 e. The lowest BCUT2D eigenvalue weighted by Crippen LogP contribution is -2.50. The summed E-state index contributed by atoms with van der Waals surface area (Å²) in [6.45, 7) is 6.82. The van der Waals surface area contributed by atoms with Crippen LogP contribution in [0.4, 0.5) is 0 Å². The van der Waals surface area contributed by atoms with Crippen molar-refractivity contribution < 1.29 is 14.6 Å². The van der Waals surface area contributed by atoms with E-state index in [4.69, 9.17) is 9.47 Å². The Bertz CT molecular complexity index is 291. The predicted octanol–water partition coefficient (Wildman–Crippen LogP) is 1.00. The highest BCUT2D eigenvalue weighted by Crippen LogP contribution is 2.29. The number of fused-ring (bicyclic) bond motifs is 2. The number of rotatable bonds is 9. The number of nitrogens with one attached hydrogen (secondary N) is 1. The maximum absolute atomic E-state index is 10.2. The van der Waals surface area contributed by atoms with Crippen LogP contribution in [0, 0.1) is 0 Å². The first kappa shape index (κ1) is 17.2. The minimum atomic E-state index is -0.420. The van der Waals surface area contributed by atoms with E-state index in [0.717, 1.165) is 6.54 Å². The van der Waals surface area contributed by atoms with Gasteiger partial charge in [-0.25, -0.2) is 0 Å². The molecule has 2 rings (SSSR count). The number of hydrogen-bond donors (Lipinski definition) is 2. The van der Waals surface area contributed by atoms with Gasteiger partial charge in [-0.2, -0.15) is 0 Å². The van der Waals surface area contributed by atoms with Gasteiger partial charge in [-0.05, 0) is 39.2 Å². The number of methoxy groups -OCH3 is 1. The Labute approximate surface area is 129 Å². The quantitative estimate of drug-likeness (QED) is 0.665. The van der Waals surface area contributed by atoms with Crippen molar-refractivity contribution in [3.8, 4) is 0 Å². The van der Waals surface area contributed by atoms with Crippen LogP contribution in [0.3, 0.4) is 0 Å². The summed E-state index contributed by atoms with van der Waals surface area (Å²) >= 11 is 0. The summed E-state index contributed by atoms with van der Waals surface area (Å²) in [5.41, 5.74) is 0. The standard InChI is InChI=1S/C16H32N2O3/c1-4-18(9-16(19)11-21-12(2)10-20-3)15-7-13-5-6-14(8-15)17-13/h12-17,19H,4-11H2,1-3H3. The van der Waals surface area contributed by atoms with E-state index in [2.05, 4.69) is 17.1 Å². The van der Waals surface area contributed by atoms with Crippen LogP contribution < -0.4 is 5.32 Å². The van der Waals surface area contributed by atoms with Crippen molar-refractivity contribution in [3.63, 3.8) is 0 Å². The van der Waals surface area contributed by atoms with Crippen molar-refractivity contribution in [2.45, 2.75) is 69.9 Å². The third-order valence-corrected chi connectivity index (χ3v) is 4.79. The molecule has 4 unspecified atom stereocenters. The fourth-order valence-electron chi connectivity index (χ4n) is 3.74. The Kier molecular flexibility index (Phi) is 6.89. The minimum absolute atomic E-state index is 0.0365. The normalized spacial score (nSPS) is 31.6. The second-order valence-electron chi connectivity index (χ2n) is 6.60. The topological polar surface area (TPSA) is 54.0 Å². The molecular weight excluding hydrogens is 268 g/mol. The first-order valence-electron chi connectivity index (χ1n) is 8.41. The molecule has 2 bridgehead atoms. The number of hydrogen-bond acceptors (Lipinski definition) is 5. The summed E-state index contributed by atoms with van der Waals surface area (Å²) in [4.78, 5) is 2.43. The molecule has 2 aliphatic heterocycles. The SMILES string of the molecule is CCN(CC(O)COC(C)COC)C1CC2CCC(C1)N2. The Morgan fingerprint density at radius 1 is 1.24 bits per heavy atom. The Hall–Kier alpha value is -0.200. The number of nitrogens with zero attached hydrogens (tertiary/aromatic N) is 1. The van der Waals surface area contributed by atoms with Crippen molar-refractivity contribution in [2.24, 2.45) is 0 Å². The van der Waals surface area contributed by atoms with Gasteiger partial charge in [0.05, 0.1) is 25.4 Å². The van der Waals surface area contributed by atoms with Gasteiger partial charge in [-0.3, -0.25) is 4.90 Å². The van der Waals surface area contributed by atoms with Gasteiger partial charge in [-0.1, -0.05) is 6.92 Å². The zero-order valence-corrected chi connectivity index (χ0v) is 13.8. The summed E-state index contributed by atoms with van der Waals surface area (Å²) in [6.07, 6.45) is 4.69. The Morgan fingerprint density at radius 3 is 2.48 bits per heavy atom. The fraction of sp³-hybridized carbons (Fsp3) is 1.00. The lowest BCUT2D eigenvalue weighted by Gasteiger charge is -2.38. The van der Waals surface area contributed by atoms with Crippen molar-refractivity contribution in [2.75, 3.05) is 33.4 Å². The highest BCUT2D eigenvalue weighted by atomic mass is 16.5. The summed E-state index contributed by atoms with van der Waals surface area (Å²) < 4.78 is 10.7. The molecule has 2 saturated heterocycles. The van der Waals surface area contributed by atoms with Gasteiger partial charge in [0, 0.05) is 31.8 Å². The molecule has 2 heterocycles. The smallest absolute Gasteiger partial charge is 0.0900 e. The molecule has 2 aliphatic rings. The molecule has 0 aromatic carbocycles. The predicted molar refractivity (Wildman–Crippen MR) is 83.5 cm³/mol. The first-order chi connectivity index (χ1) is 10.1. The molecule has 0 aromatic rings. The molecule has 2 fully saturated rings. The van der Waals surface area contributed by atoms with Gasteiger partial charge in [-0.15, -0.1) is 0 Å². The summed E-state index contributed by atoms with van der Waals surface area (Å²) in [6, 6.07) is 2.00. The molecule has 21 heavy (non-hydrogen) atoms. The van der Waals surface area contributed by atoms with Gasteiger partial charge < -0.3 is 19.9 Å². The minimum Gasteiger partial charge on any atom is -0.389 e. The van der Waals surface area contributed by atoms with Gasteiger partial charge >= 0.3 is 0 Å². The van der Waals surface area contributed by atoms with Crippen LogP contribution in [0.1, 0.15) is 39.5 Å². The molecular formula is C16H32N2O3. The molecule has 0 saturated carbocycles. The molecule has 0 aromatic heterocycles. The summed E-state index contributed by atoms with van der Waals surface area (Å²) in [7, 11) is 1.67. The molecule has 0 spiro atoms. The first-order valence-corrected chi connectivity index (χ1v) is 8.41. The van der Waals surface area contributed by atoms with Crippen LogP contribution in [-0.4, -0.2) is 73.8 Å². The number of piperidine rings is 1. The number of aliphatic hydroxyl groups is 1. The van der Waals surface area contributed by atoms with Gasteiger partial charge in [0.15, 0.2) is 0 Å². The van der Waals surface area contributed by atoms with E-state index in [-0.39, 0.29) is 6.10 Å². The van der Waals surface area contributed by atoms with Crippen molar-refractivity contribution in [3.05, 3.63) is 0 Å². The zero-order valence-electron chi connectivity index (χ0n) is 13.8. The van der Waals surface area contributed by atoms with E-state index < -0.39 is 6.10 Å². The summed E-state index contributed by atoms with van der Waals surface area (Å²) in [5, 5.41) is 13.9. The number of aliphatic hydroxyl groups excluding tert-OH is 1. The lowest BCUT2D eigenvalue weighted by molar-refractivity contribution is -0.0440. The average molecular weight is 300 g/mol. The largest absolute Gasteiger partial charge is 0.389 e. The van der Waals surface area contributed by atoms with Crippen LogP contribution in [0.2, 0.25) is 0 Å². The lowest BCUT2D eigenvalue weighted by atomic mass is 9.98. The van der Waals surface area contributed by atoms with Crippen molar-refractivity contribution in [1.29, 1.82) is 0 Å². The maximum atomic E-state index is 10.2. The van der Waals surface area contributed by atoms with Gasteiger partial charge in [0.1, 0.15) is 0 Å². The Balaban J connectivity index is 1.73. The van der Waals surface area contributed by atoms with Crippen LogP contribution >= 0.6 is 0 Å². The second kappa shape index (κ2) is 8.44. The Morgan fingerprint density at radius 2 is 1.90 bits per heavy atom. The average Bonchev–Trinajstić information content (AvgIpc) is 2.81. The van der Waals surface area contributed by atoms with E-state index in [9.17, 15) is 5.11 Å². The molecule has 0 aliphatic carbocycles. The van der Waals surface area contributed by atoms with Crippen molar-refractivity contribution >= 4 is 0 Å². The van der Waals surface area contributed by atoms with E-state index >= 15 is 0 Å². The van der Waals surface area contributed by atoms with Gasteiger partial charge in [0.2, 0.25) is 0 Å². The number of ether oxygens (including phenoxy) is 2. The molecule has 4 atom stereocenters. The monoisotopic (exact) mass is 300 g/mol. The molecule has 5 heteroatoms. The van der Waals surface area contributed by atoms with E-state index in [0.29, 0.717) is 37.9 Å². The highest BCUT2D eigenvalue weighted by Gasteiger charge is 2.35. The van der Waals surface area contributed by atoms with Crippen molar-refractivity contribution in [1.82, 2.24) is 10.2 Å². The van der Waals surface area contributed by atoms with Crippen LogP contribution in [-0.2, 0) is 9.47 Å².